The topological polar surface area (TPSA) is 161 Å². The number of aliphatic hydroxyl groups excluding tert-OH is 1. The third-order valence-corrected chi connectivity index (χ3v) is 11.7. The van der Waals surface area contributed by atoms with E-state index in [1.165, 1.54) is 34.8 Å². The van der Waals surface area contributed by atoms with E-state index in [-0.39, 0.29) is 42.3 Å². The first kappa shape index (κ1) is 39.4. The maximum atomic E-state index is 14.4. The summed E-state index contributed by atoms with van der Waals surface area (Å²) in [5.41, 5.74) is 3.19. The van der Waals surface area contributed by atoms with Crippen molar-refractivity contribution in [2.45, 2.75) is 70.2 Å². The normalized spacial score (nSPS) is 16.2. The Labute approximate surface area is 312 Å². The number of nitrogens with zero attached hydrogens (tertiary/aromatic N) is 6. The van der Waals surface area contributed by atoms with E-state index >= 15 is 0 Å². The Morgan fingerprint density at radius 2 is 1.68 bits per heavy atom. The number of urea groups is 1. The molecular formula is C39H51N7O6S. The summed E-state index contributed by atoms with van der Waals surface area (Å²) in [5.74, 6) is 0.0633. The molecule has 3 aromatic carbocycles. The number of para-hydroxylation sites is 2. The number of aliphatic hydroxyl groups is 1. The molecule has 1 aromatic heterocycles. The summed E-state index contributed by atoms with van der Waals surface area (Å²) in [4.78, 5) is 36.4. The third-order valence-electron chi connectivity index (χ3n) is 9.90. The van der Waals surface area contributed by atoms with Gasteiger partial charge in [-0.1, -0.05) is 93.9 Å². The second kappa shape index (κ2) is 17.4. The van der Waals surface area contributed by atoms with Crippen LogP contribution >= 0.6 is 0 Å². The summed E-state index contributed by atoms with van der Waals surface area (Å²) in [6, 6.07) is 21.1. The molecule has 3 N–H and O–H groups in total. The van der Waals surface area contributed by atoms with E-state index < -0.39 is 34.1 Å². The number of hydrogen-bond acceptors (Lipinski definition) is 8. The second-order valence-corrected chi connectivity index (χ2v) is 16.1. The number of fused-ring (bicyclic) bond motifs is 1. The predicted molar refractivity (Wildman–Crippen MR) is 204 cm³/mol. The van der Waals surface area contributed by atoms with Crippen LogP contribution in [0.4, 0.5) is 4.79 Å². The Morgan fingerprint density at radius 3 is 2.32 bits per heavy atom. The molecule has 0 saturated carbocycles. The highest BCUT2D eigenvalue weighted by molar-refractivity contribution is 7.89. The van der Waals surface area contributed by atoms with Crippen LogP contribution in [0, 0.1) is 11.8 Å². The molecule has 284 valence electrons. The summed E-state index contributed by atoms with van der Waals surface area (Å²) in [6.45, 7) is 8.60. The van der Waals surface area contributed by atoms with Crippen molar-refractivity contribution in [3.05, 3.63) is 95.8 Å². The number of carbonyl (C=O) groups excluding carboxylic acids is 2. The molecule has 1 saturated heterocycles. The van der Waals surface area contributed by atoms with Crippen LogP contribution < -0.4 is 5.32 Å². The number of aryl methyl sites for hydroxylation is 1. The molecule has 1 aliphatic rings. The minimum absolute atomic E-state index is 0.0247. The van der Waals surface area contributed by atoms with Crippen molar-refractivity contribution in [1.82, 2.24) is 29.0 Å². The van der Waals surface area contributed by atoms with Crippen LogP contribution in [0.5, 0.6) is 0 Å². The van der Waals surface area contributed by atoms with Crippen LogP contribution in [0.3, 0.4) is 0 Å². The maximum absolute atomic E-state index is 14.4. The first-order chi connectivity index (χ1) is 25.3. The zero-order chi connectivity index (χ0) is 38.3. The number of rotatable bonds is 17. The lowest BCUT2D eigenvalue weighted by Gasteiger charge is -2.35. The van der Waals surface area contributed by atoms with Gasteiger partial charge in [-0.15, -0.1) is 0 Å². The Balaban J connectivity index is 1.38. The molecule has 0 aliphatic carbocycles. The summed E-state index contributed by atoms with van der Waals surface area (Å²) in [6.07, 6.45) is 0.764. The summed E-state index contributed by atoms with van der Waals surface area (Å²) >= 11 is 0. The van der Waals surface area contributed by atoms with Crippen molar-refractivity contribution in [1.29, 1.82) is 0 Å². The van der Waals surface area contributed by atoms with Gasteiger partial charge in [0.15, 0.2) is 0 Å². The van der Waals surface area contributed by atoms with Crippen molar-refractivity contribution >= 4 is 39.2 Å². The van der Waals surface area contributed by atoms with E-state index in [4.69, 9.17) is 10.2 Å². The van der Waals surface area contributed by atoms with Crippen molar-refractivity contribution in [2.24, 2.45) is 24.0 Å². The van der Waals surface area contributed by atoms with E-state index in [1.54, 1.807) is 9.80 Å². The molecule has 4 aromatic rings. The van der Waals surface area contributed by atoms with Gasteiger partial charge in [0.05, 0.1) is 40.8 Å². The van der Waals surface area contributed by atoms with E-state index in [9.17, 15) is 23.1 Å². The van der Waals surface area contributed by atoms with Crippen molar-refractivity contribution in [3.63, 3.8) is 0 Å². The summed E-state index contributed by atoms with van der Waals surface area (Å²) < 4.78 is 31.1. The highest BCUT2D eigenvalue weighted by atomic mass is 32.2. The molecule has 4 atom stereocenters. The van der Waals surface area contributed by atoms with Gasteiger partial charge in [0.1, 0.15) is 11.9 Å². The summed E-state index contributed by atoms with van der Waals surface area (Å²) in [7, 11) is -2.14. The molecule has 1 fully saturated rings. The van der Waals surface area contributed by atoms with Crippen LogP contribution in [0.15, 0.2) is 88.9 Å². The number of sulfonamides is 1. The highest BCUT2D eigenvalue weighted by Gasteiger charge is 2.41. The summed E-state index contributed by atoms with van der Waals surface area (Å²) in [5, 5.41) is 26.8. The van der Waals surface area contributed by atoms with Gasteiger partial charge in [0, 0.05) is 33.2 Å². The average Bonchev–Trinajstić information content (AvgIpc) is 3.66. The van der Waals surface area contributed by atoms with Crippen molar-refractivity contribution < 1.29 is 28.3 Å². The molecule has 0 radical (unpaired) electrons. The van der Waals surface area contributed by atoms with Gasteiger partial charge in [-0.3, -0.25) is 4.79 Å². The van der Waals surface area contributed by atoms with Gasteiger partial charge < -0.3 is 30.0 Å². The molecule has 14 heteroatoms. The number of hydrogen-bond donors (Lipinski definition) is 3. The minimum atomic E-state index is -4.07. The van der Waals surface area contributed by atoms with Gasteiger partial charge in [0.25, 0.3) is 0 Å². The first-order valence-electron chi connectivity index (χ1n) is 18.1. The minimum Gasteiger partial charge on any atom is -0.411 e. The number of nitrogens with one attached hydrogen (secondary N) is 1. The SMILES string of the molecule is CCC(C)[C@@H](C(=O)N[C@@H](Cc1ccccc1)[C@@H](O)CN(CC(C)C)S(=O)(=O)c1ccc(C=NO)cc1)N1CCN(Cc2nc3ccccc3n2C)C1=O. The van der Waals surface area contributed by atoms with E-state index in [0.29, 0.717) is 31.6 Å². The van der Waals surface area contributed by atoms with Crippen LogP contribution in [-0.2, 0) is 34.8 Å². The van der Waals surface area contributed by atoms with E-state index in [1.807, 2.05) is 93.9 Å². The van der Waals surface area contributed by atoms with E-state index in [0.717, 1.165) is 22.4 Å². The number of benzene rings is 3. The second-order valence-electron chi connectivity index (χ2n) is 14.2. The Morgan fingerprint density at radius 1 is 1.00 bits per heavy atom. The van der Waals surface area contributed by atoms with Crippen LogP contribution in [0.25, 0.3) is 11.0 Å². The standard InChI is InChI=1S/C39H51N7O6S/c1-6-28(4)37(46-21-20-44(39(46)49)26-36-41-32-14-10-11-15-34(32)43(36)5)38(48)42-33(22-29-12-8-7-9-13-29)35(47)25-45(24-27(2)3)53(51,52)31-18-16-30(17-19-31)23-40-50/h7-19,23,27-28,33,35,37,47,50H,6,20-22,24-26H2,1-5H3,(H,42,48)/t28?,33-,35-,37-/m0/s1. The number of imidazole rings is 1. The Bertz CT molecular complexity index is 1980. The van der Waals surface area contributed by atoms with Gasteiger partial charge in [0.2, 0.25) is 15.9 Å². The molecule has 1 aliphatic heterocycles. The number of aromatic nitrogens is 2. The number of carbonyl (C=O) groups is 2. The smallest absolute Gasteiger partial charge is 0.321 e. The largest absolute Gasteiger partial charge is 0.411 e. The fourth-order valence-corrected chi connectivity index (χ4v) is 8.44. The molecular weight excluding hydrogens is 695 g/mol. The first-order valence-corrected chi connectivity index (χ1v) is 19.5. The van der Waals surface area contributed by atoms with Gasteiger partial charge in [-0.25, -0.2) is 18.2 Å². The monoisotopic (exact) mass is 745 g/mol. The fourth-order valence-electron chi connectivity index (χ4n) is 6.82. The molecule has 0 bridgehead atoms. The molecule has 53 heavy (non-hydrogen) atoms. The molecule has 3 amide bonds. The Hall–Kier alpha value is -4.79. The molecule has 1 unspecified atom stereocenters. The van der Waals surface area contributed by atoms with Gasteiger partial charge in [-0.2, -0.15) is 4.31 Å². The Kier molecular flexibility index (Phi) is 12.9. The van der Waals surface area contributed by atoms with E-state index in [2.05, 4.69) is 10.5 Å². The zero-order valence-corrected chi connectivity index (χ0v) is 31.9. The molecule has 5 rings (SSSR count). The van der Waals surface area contributed by atoms with Crippen LogP contribution in [0.2, 0.25) is 0 Å². The highest BCUT2D eigenvalue weighted by Crippen LogP contribution is 2.25. The fraction of sp³-hybridized carbons (Fsp3) is 0.436. The third kappa shape index (κ3) is 9.24. The lowest BCUT2D eigenvalue weighted by molar-refractivity contribution is -0.128. The predicted octanol–water partition coefficient (Wildman–Crippen LogP) is 4.47. The maximum Gasteiger partial charge on any atom is 0.321 e. The van der Waals surface area contributed by atoms with Crippen LogP contribution in [0.1, 0.15) is 51.1 Å². The molecule has 2 heterocycles. The average molecular weight is 746 g/mol. The van der Waals surface area contributed by atoms with Gasteiger partial charge >= 0.3 is 6.03 Å². The number of oxime groups is 1. The quantitative estimate of drug-likeness (QED) is 0.0817. The molecule has 0 spiro atoms. The van der Waals surface area contributed by atoms with Crippen molar-refractivity contribution in [3.8, 4) is 0 Å². The lowest BCUT2D eigenvalue weighted by atomic mass is 9.95. The zero-order valence-electron chi connectivity index (χ0n) is 31.0. The van der Waals surface area contributed by atoms with Crippen molar-refractivity contribution in [2.75, 3.05) is 26.2 Å². The number of amides is 3. The molecule has 13 nitrogen and oxygen atoms in total. The van der Waals surface area contributed by atoms with Gasteiger partial charge in [-0.05, 0) is 53.6 Å². The van der Waals surface area contributed by atoms with Crippen LogP contribution in [-0.4, -0.2) is 105 Å². The lowest BCUT2D eigenvalue weighted by Crippen LogP contribution is -2.57.